The number of rotatable bonds is 12. The highest BCUT2D eigenvalue weighted by Gasteiger charge is 2.47. The highest BCUT2D eigenvalue weighted by Crippen LogP contribution is 2.35. The van der Waals surface area contributed by atoms with E-state index in [4.69, 9.17) is 0 Å². The van der Waals surface area contributed by atoms with Gasteiger partial charge in [0.1, 0.15) is 12.1 Å². The van der Waals surface area contributed by atoms with Crippen molar-refractivity contribution >= 4 is 23.6 Å². The van der Waals surface area contributed by atoms with Gasteiger partial charge in [-0.05, 0) is 74.8 Å². The summed E-state index contributed by atoms with van der Waals surface area (Å²) in [6.07, 6.45) is 3.79. The maximum Gasteiger partial charge on any atom is 0.251 e. The summed E-state index contributed by atoms with van der Waals surface area (Å²) < 4.78 is 0. The molecule has 3 aromatic carbocycles. The van der Waals surface area contributed by atoms with Crippen molar-refractivity contribution in [2.24, 2.45) is 5.92 Å². The normalized spacial score (nSPS) is 21.6. The average Bonchev–Trinajstić information content (AvgIpc) is 3.48. The van der Waals surface area contributed by atoms with Crippen molar-refractivity contribution in [2.45, 2.75) is 75.7 Å². The first-order valence-electron chi connectivity index (χ1n) is 16.4. The first-order chi connectivity index (χ1) is 22.4. The van der Waals surface area contributed by atoms with Crippen LogP contribution in [0.1, 0.15) is 73.0 Å². The van der Waals surface area contributed by atoms with E-state index in [1.54, 1.807) is 24.1 Å². The summed E-state index contributed by atoms with van der Waals surface area (Å²) in [6.45, 7) is 2.28. The zero-order chi connectivity index (χ0) is 32.5. The standard InChI is InChI=1S/C37H45N5O4/c1-3-30(38-2)35(44)41-33-27(23-24-39-34(43)28-17-11-6-12-18-28)19-20-29-21-22-31(42(29)37(33)46)36(45)40-32(25-13-7-4-8-14-25)26-15-9-5-10-16-26/h4-18,27,29-33,38H,3,19-24H2,1-2H3,(H,39,43)(H,40,45)(H,41,44)/t27-,29+,30+,31+,33+/m1/s1. The lowest BCUT2D eigenvalue weighted by molar-refractivity contribution is -0.143. The van der Waals surface area contributed by atoms with Crippen LogP contribution in [0.4, 0.5) is 0 Å². The van der Waals surface area contributed by atoms with Crippen molar-refractivity contribution in [1.29, 1.82) is 0 Å². The Kier molecular flexibility index (Phi) is 11.2. The second-order valence-electron chi connectivity index (χ2n) is 12.2. The van der Waals surface area contributed by atoms with Crippen LogP contribution in [-0.4, -0.2) is 66.3 Å². The number of fused-ring (bicyclic) bond motifs is 1. The molecule has 4 N–H and O–H groups in total. The van der Waals surface area contributed by atoms with Crippen molar-refractivity contribution in [3.05, 3.63) is 108 Å². The van der Waals surface area contributed by atoms with E-state index >= 15 is 0 Å². The molecule has 5 atom stereocenters. The zero-order valence-corrected chi connectivity index (χ0v) is 26.7. The Balaban J connectivity index is 1.35. The fraction of sp³-hybridized carbons (Fsp3) is 0.405. The Morgan fingerprint density at radius 3 is 2.00 bits per heavy atom. The Bertz CT molecular complexity index is 1430. The van der Waals surface area contributed by atoms with Gasteiger partial charge >= 0.3 is 0 Å². The second-order valence-corrected chi connectivity index (χ2v) is 12.2. The highest BCUT2D eigenvalue weighted by molar-refractivity contribution is 5.95. The summed E-state index contributed by atoms with van der Waals surface area (Å²) >= 11 is 0. The SMILES string of the molecule is CC[C@H](NC)C(=O)N[C@@H]1C(=O)N2[C@@H](CC[C@@H]1CCNC(=O)c1ccccc1)CC[C@H]2C(=O)NC(c1ccccc1)c1ccccc1. The molecular formula is C37H45N5O4. The van der Waals surface area contributed by atoms with Crippen LogP contribution in [0.3, 0.4) is 0 Å². The molecule has 2 heterocycles. The summed E-state index contributed by atoms with van der Waals surface area (Å²) in [7, 11) is 1.73. The van der Waals surface area contributed by atoms with Gasteiger partial charge < -0.3 is 26.2 Å². The Morgan fingerprint density at radius 1 is 0.826 bits per heavy atom. The predicted octanol–water partition coefficient (Wildman–Crippen LogP) is 3.96. The summed E-state index contributed by atoms with van der Waals surface area (Å²) in [4.78, 5) is 56.3. The van der Waals surface area contributed by atoms with Crippen LogP contribution in [0.5, 0.6) is 0 Å². The van der Waals surface area contributed by atoms with Crippen molar-refractivity contribution < 1.29 is 19.2 Å². The van der Waals surface area contributed by atoms with E-state index in [-0.39, 0.29) is 41.6 Å². The Labute approximate surface area is 271 Å². The monoisotopic (exact) mass is 623 g/mol. The average molecular weight is 624 g/mol. The Hall–Kier alpha value is -4.50. The molecule has 2 aliphatic rings. The molecule has 5 rings (SSSR count). The quantitative estimate of drug-likeness (QED) is 0.244. The molecule has 242 valence electrons. The van der Waals surface area contributed by atoms with Crippen LogP contribution in [0, 0.1) is 5.92 Å². The van der Waals surface area contributed by atoms with Crippen molar-refractivity contribution in [3.8, 4) is 0 Å². The van der Waals surface area contributed by atoms with E-state index in [0.717, 1.165) is 24.0 Å². The number of carbonyl (C=O) groups is 4. The van der Waals surface area contributed by atoms with Gasteiger partial charge in [-0.25, -0.2) is 0 Å². The molecule has 0 aliphatic carbocycles. The number of benzene rings is 3. The lowest BCUT2D eigenvalue weighted by Gasteiger charge is -2.33. The number of amides is 4. The molecule has 0 aromatic heterocycles. The highest BCUT2D eigenvalue weighted by atomic mass is 16.2. The number of nitrogens with one attached hydrogen (secondary N) is 4. The minimum Gasteiger partial charge on any atom is -0.352 e. The molecule has 2 aliphatic heterocycles. The van der Waals surface area contributed by atoms with Gasteiger partial charge in [0, 0.05) is 18.2 Å². The van der Waals surface area contributed by atoms with Gasteiger partial charge in [-0.1, -0.05) is 85.8 Å². The minimum absolute atomic E-state index is 0.0928. The van der Waals surface area contributed by atoms with E-state index in [0.29, 0.717) is 37.8 Å². The first kappa shape index (κ1) is 32.9. The lowest BCUT2D eigenvalue weighted by atomic mass is 9.90. The maximum atomic E-state index is 14.5. The largest absolute Gasteiger partial charge is 0.352 e. The van der Waals surface area contributed by atoms with Gasteiger partial charge in [0.15, 0.2) is 0 Å². The smallest absolute Gasteiger partial charge is 0.251 e. The molecular weight excluding hydrogens is 578 g/mol. The zero-order valence-electron chi connectivity index (χ0n) is 26.7. The third kappa shape index (κ3) is 7.65. The number of nitrogens with zero attached hydrogens (tertiary/aromatic N) is 1. The molecule has 0 saturated carbocycles. The van der Waals surface area contributed by atoms with Crippen LogP contribution in [-0.2, 0) is 14.4 Å². The summed E-state index contributed by atoms with van der Waals surface area (Å²) in [5, 5.41) is 12.3. The van der Waals surface area contributed by atoms with Gasteiger partial charge in [0.05, 0.1) is 12.1 Å². The third-order valence-corrected chi connectivity index (χ3v) is 9.43. The van der Waals surface area contributed by atoms with E-state index in [1.807, 2.05) is 85.8 Å². The topological polar surface area (TPSA) is 120 Å². The summed E-state index contributed by atoms with van der Waals surface area (Å²) in [5.74, 6) is -1.04. The van der Waals surface area contributed by atoms with Gasteiger partial charge in [-0.3, -0.25) is 19.2 Å². The molecule has 9 heteroatoms. The third-order valence-electron chi connectivity index (χ3n) is 9.43. The molecule has 3 aromatic rings. The fourth-order valence-electron chi connectivity index (χ4n) is 6.91. The van der Waals surface area contributed by atoms with Gasteiger partial charge in [-0.15, -0.1) is 0 Å². The number of hydrogen-bond acceptors (Lipinski definition) is 5. The maximum absolute atomic E-state index is 14.5. The molecule has 0 radical (unpaired) electrons. The van der Waals surface area contributed by atoms with E-state index in [1.165, 1.54) is 0 Å². The van der Waals surface area contributed by atoms with Crippen LogP contribution in [0.15, 0.2) is 91.0 Å². The molecule has 0 spiro atoms. The number of hydrogen-bond donors (Lipinski definition) is 4. The number of likely N-dealkylation sites (N-methyl/N-ethyl adjacent to an activating group) is 1. The molecule has 46 heavy (non-hydrogen) atoms. The summed E-state index contributed by atoms with van der Waals surface area (Å²) in [5.41, 5.74) is 2.49. The van der Waals surface area contributed by atoms with Gasteiger partial charge in [-0.2, -0.15) is 0 Å². The van der Waals surface area contributed by atoms with Gasteiger partial charge in [0.2, 0.25) is 17.7 Å². The van der Waals surface area contributed by atoms with Crippen molar-refractivity contribution in [1.82, 2.24) is 26.2 Å². The molecule has 0 unspecified atom stereocenters. The van der Waals surface area contributed by atoms with Crippen molar-refractivity contribution in [3.63, 3.8) is 0 Å². The molecule has 9 nitrogen and oxygen atoms in total. The minimum atomic E-state index is -0.805. The lowest BCUT2D eigenvalue weighted by Crippen LogP contribution is -2.58. The van der Waals surface area contributed by atoms with Crippen LogP contribution >= 0.6 is 0 Å². The molecule has 2 fully saturated rings. The second kappa shape index (κ2) is 15.7. The Morgan fingerprint density at radius 2 is 1.41 bits per heavy atom. The van der Waals surface area contributed by atoms with Crippen molar-refractivity contribution in [2.75, 3.05) is 13.6 Å². The van der Waals surface area contributed by atoms with E-state index in [9.17, 15) is 19.2 Å². The van der Waals surface area contributed by atoms with Gasteiger partial charge in [0.25, 0.3) is 5.91 Å². The molecule has 4 amide bonds. The van der Waals surface area contributed by atoms with E-state index in [2.05, 4.69) is 21.3 Å². The first-order valence-corrected chi connectivity index (χ1v) is 16.4. The van der Waals surface area contributed by atoms with Crippen LogP contribution < -0.4 is 21.3 Å². The van der Waals surface area contributed by atoms with E-state index < -0.39 is 18.1 Å². The molecule has 2 saturated heterocycles. The number of carbonyl (C=O) groups excluding carboxylic acids is 4. The van der Waals surface area contributed by atoms with Crippen LogP contribution in [0.25, 0.3) is 0 Å². The fourth-order valence-corrected chi connectivity index (χ4v) is 6.91. The summed E-state index contributed by atoms with van der Waals surface area (Å²) in [6, 6.07) is 26.3. The van der Waals surface area contributed by atoms with Crippen LogP contribution in [0.2, 0.25) is 0 Å². The predicted molar refractivity (Wildman–Crippen MR) is 178 cm³/mol. The molecule has 0 bridgehead atoms.